The van der Waals surface area contributed by atoms with Gasteiger partial charge in [0.05, 0.1) is 13.7 Å². The molecule has 144 valence electrons. The van der Waals surface area contributed by atoms with Crippen LogP contribution in [0.2, 0.25) is 0 Å². The van der Waals surface area contributed by atoms with Crippen LogP contribution in [0.25, 0.3) is 27.6 Å². The van der Waals surface area contributed by atoms with Gasteiger partial charge >= 0.3 is 0 Å². The Balaban J connectivity index is 1.90. The monoisotopic (exact) mass is 447 g/mol. The van der Waals surface area contributed by atoms with Gasteiger partial charge in [-0.3, -0.25) is 13.8 Å². The summed E-state index contributed by atoms with van der Waals surface area (Å²) in [4.78, 5) is 18.4. The molecule has 3 aromatic heterocycles. The van der Waals surface area contributed by atoms with E-state index in [0.717, 1.165) is 43.7 Å². The van der Waals surface area contributed by atoms with Gasteiger partial charge < -0.3 is 4.74 Å². The molecule has 3 heterocycles. The number of hydrogen-bond donors (Lipinski definition) is 0. The molecule has 0 aliphatic carbocycles. The summed E-state index contributed by atoms with van der Waals surface area (Å²) < 4.78 is 10.1. The third kappa shape index (κ3) is 2.75. The van der Waals surface area contributed by atoms with Crippen molar-refractivity contribution in [3.05, 3.63) is 86.7 Å². The van der Waals surface area contributed by atoms with E-state index in [9.17, 15) is 4.79 Å². The number of halogens is 1. The molecular formula is C23H18BrN3O2. The maximum Gasteiger partial charge on any atom is 0.260 e. The Morgan fingerprint density at radius 1 is 1.00 bits per heavy atom. The predicted molar refractivity (Wildman–Crippen MR) is 119 cm³/mol. The second-order valence-electron chi connectivity index (χ2n) is 7.03. The van der Waals surface area contributed by atoms with Gasteiger partial charge in [0.1, 0.15) is 22.6 Å². The standard InChI is InChI=1S/C23H18BrN3O2/c1-14-19(24)11-12-20-25-21-17-5-3-4-6-18(17)23(28)26(22(21)27(14)20)13-15-7-9-16(29-2)10-8-15/h3-12H,13H2,1-2H3. The average Bonchev–Trinajstić information content (AvgIpc) is 3.14. The number of methoxy groups -OCH3 is 1. The van der Waals surface area contributed by atoms with E-state index in [2.05, 4.69) is 20.3 Å². The lowest BCUT2D eigenvalue weighted by atomic mass is 10.1. The van der Waals surface area contributed by atoms with Crippen LogP contribution in [-0.2, 0) is 6.54 Å². The number of nitrogens with zero attached hydrogens (tertiary/aromatic N) is 3. The smallest absolute Gasteiger partial charge is 0.260 e. The first-order valence-corrected chi connectivity index (χ1v) is 10.1. The van der Waals surface area contributed by atoms with Gasteiger partial charge in [-0.15, -0.1) is 0 Å². The largest absolute Gasteiger partial charge is 0.497 e. The molecule has 0 fully saturated rings. The molecule has 0 bridgehead atoms. The van der Waals surface area contributed by atoms with Crippen molar-refractivity contribution in [3.63, 3.8) is 0 Å². The van der Waals surface area contributed by atoms with E-state index in [0.29, 0.717) is 11.9 Å². The van der Waals surface area contributed by atoms with Crippen LogP contribution in [0.15, 0.2) is 69.9 Å². The number of ether oxygens (including phenoxy) is 1. The van der Waals surface area contributed by atoms with Crippen LogP contribution < -0.4 is 10.3 Å². The van der Waals surface area contributed by atoms with Crippen LogP contribution in [0, 0.1) is 6.92 Å². The van der Waals surface area contributed by atoms with Crippen molar-refractivity contribution in [2.45, 2.75) is 13.5 Å². The van der Waals surface area contributed by atoms with E-state index >= 15 is 0 Å². The van der Waals surface area contributed by atoms with Gasteiger partial charge in [0.25, 0.3) is 5.56 Å². The summed E-state index contributed by atoms with van der Waals surface area (Å²) in [7, 11) is 1.64. The molecule has 0 radical (unpaired) electrons. The average molecular weight is 448 g/mol. The first-order valence-electron chi connectivity index (χ1n) is 9.30. The number of rotatable bonds is 3. The van der Waals surface area contributed by atoms with Crippen LogP contribution in [0.4, 0.5) is 0 Å². The number of imidazole rings is 1. The van der Waals surface area contributed by atoms with Gasteiger partial charge in [-0.2, -0.15) is 0 Å². The highest BCUT2D eigenvalue weighted by molar-refractivity contribution is 9.10. The van der Waals surface area contributed by atoms with Gasteiger partial charge in [-0.1, -0.05) is 30.3 Å². The number of aromatic nitrogens is 3. The molecule has 0 saturated carbocycles. The number of benzene rings is 2. The van der Waals surface area contributed by atoms with Gasteiger partial charge in [0, 0.05) is 20.9 Å². The molecule has 5 nitrogen and oxygen atoms in total. The molecule has 5 rings (SSSR count). The lowest BCUT2D eigenvalue weighted by Gasteiger charge is -2.13. The fourth-order valence-electron chi connectivity index (χ4n) is 3.85. The molecule has 0 aliphatic rings. The minimum Gasteiger partial charge on any atom is -0.497 e. The molecule has 29 heavy (non-hydrogen) atoms. The Hall–Kier alpha value is -3.12. The second-order valence-corrected chi connectivity index (χ2v) is 7.88. The fraction of sp³-hybridized carbons (Fsp3) is 0.130. The molecule has 0 saturated heterocycles. The maximum absolute atomic E-state index is 13.5. The summed E-state index contributed by atoms with van der Waals surface area (Å²) in [5.41, 5.74) is 4.45. The predicted octanol–water partition coefficient (Wildman–Crippen LogP) is 4.93. The summed E-state index contributed by atoms with van der Waals surface area (Å²) in [5.74, 6) is 0.791. The van der Waals surface area contributed by atoms with Crippen molar-refractivity contribution in [2.24, 2.45) is 0 Å². The van der Waals surface area contributed by atoms with E-state index in [1.165, 1.54) is 0 Å². The highest BCUT2D eigenvalue weighted by atomic mass is 79.9. The van der Waals surface area contributed by atoms with Crippen molar-refractivity contribution in [2.75, 3.05) is 7.11 Å². The third-order valence-corrected chi connectivity index (χ3v) is 6.19. The Bertz CT molecular complexity index is 1450. The first kappa shape index (κ1) is 17.9. The van der Waals surface area contributed by atoms with Crippen LogP contribution in [0.5, 0.6) is 5.75 Å². The van der Waals surface area contributed by atoms with Crippen LogP contribution in [0.3, 0.4) is 0 Å². The number of hydrogen-bond acceptors (Lipinski definition) is 3. The van der Waals surface area contributed by atoms with E-state index in [1.807, 2.05) is 72.2 Å². The minimum atomic E-state index is -0.0231. The quantitative estimate of drug-likeness (QED) is 0.393. The fourth-order valence-corrected chi connectivity index (χ4v) is 4.16. The number of fused-ring (bicyclic) bond motifs is 5. The molecule has 2 aromatic carbocycles. The zero-order chi connectivity index (χ0) is 20.1. The van der Waals surface area contributed by atoms with E-state index in [1.54, 1.807) is 7.11 Å². The van der Waals surface area contributed by atoms with Crippen LogP contribution >= 0.6 is 15.9 Å². The zero-order valence-corrected chi connectivity index (χ0v) is 17.6. The Labute approximate surface area is 175 Å². The van der Waals surface area contributed by atoms with E-state index in [4.69, 9.17) is 9.72 Å². The Morgan fingerprint density at radius 3 is 2.45 bits per heavy atom. The van der Waals surface area contributed by atoms with E-state index < -0.39 is 0 Å². The Kier molecular flexibility index (Phi) is 4.17. The van der Waals surface area contributed by atoms with Crippen molar-refractivity contribution in [1.29, 1.82) is 0 Å². The molecule has 0 N–H and O–H groups in total. The SMILES string of the molecule is COc1ccc(Cn2c(=O)c3ccccc3c3nc4ccc(Br)c(C)n4c32)cc1. The lowest BCUT2D eigenvalue weighted by molar-refractivity contribution is 0.414. The van der Waals surface area contributed by atoms with Crippen LogP contribution in [0.1, 0.15) is 11.3 Å². The molecule has 0 unspecified atom stereocenters. The molecule has 6 heteroatoms. The molecule has 0 atom stereocenters. The molecular weight excluding hydrogens is 430 g/mol. The van der Waals surface area contributed by atoms with Gasteiger partial charge in [0.15, 0.2) is 0 Å². The maximum atomic E-state index is 13.5. The topological polar surface area (TPSA) is 48.5 Å². The number of aryl methyl sites for hydroxylation is 1. The van der Waals surface area contributed by atoms with E-state index in [-0.39, 0.29) is 5.56 Å². The van der Waals surface area contributed by atoms with Crippen LogP contribution in [-0.4, -0.2) is 21.1 Å². The Morgan fingerprint density at radius 2 is 1.72 bits per heavy atom. The normalized spacial score (nSPS) is 11.6. The summed E-state index contributed by atoms with van der Waals surface area (Å²) >= 11 is 3.61. The summed E-state index contributed by atoms with van der Waals surface area (Å²) in [6.07, 6.45) is 0. The van der Waals surface area contributed by atoms with Gasteiger partial charge in [0.2, 0.25) is 0 Å². The molecule has 5 aromatic rings. The molecule has 0 spiro atoms. The summed E-state index contributed by atoms with van der Waals surface area (Å²) in [6, 6.07) is 19.4. The number of pyridine rings is 2. The summed E-state index contributed by atoms with van der Waals surface area (Å²) in [6.45, 7) is 2.47. The second kappa shape index (κ2) is 6.74. The van der Waals surface area contributed by atoms with Crippen molar-refractivity contribution in [3.8, 4) is 5.75 Å². The van der Waals surface area contributed by atoms with Gasteiger partial charge in [-0.05, 0) is 58.7 Å². The highest BCUT2D eigenvalue weighted by Gasteiger charge is 2.18. The minimum absolute atomic E-state index is 0.0231. The summed E-state index contributed by atoms with van der Waals surface area (Å²) in [5, 5.41) is 1.55. The third-order valence-electron chi connectivity index (χ3n) is 5.35. The lowest BCUT2D eigenvalue weighted by Crippen LogP contribution is -2.22. The van der Waals surface area contributed by atoms with Gasteiger partial charge in [-0.25, -0.2) is 4.98 Å². The molecule has 0 aliphatic heterocycles. The van der Waals surface area contributed by atoms with Crippen molar-refractivity contribution < 1.29 is 4.74 Å². The first-order chi connectivity index (χ1) is 14.1. The zero-order valence-electron chi connectivity index (χ0n) is 16.0. The van der Waals surface area contributed by atoms with Crippen molar-refractivity contribution >= 4 is 43.5 Å². The van der Waals surface area contributed by atoms with Crippen molar-refractivity contribution in [1.82, 2.24) is 14.0 Å². The molecule has 0 amide bonds. The highest BCUT2D eigenvalue weighted by Crippen LogP contribution is 2.28.